The molecule has 2 nitrogen and oxygen atoms in total. The Kier molecular flexibility index (Phi) is 3.98. The van der Waals surface area contributed by atoms with E-state index in [-0.39, 0.29) is 6.04 Å². The molecule has 19 heavy (non-hydrogen) atoms. The van der Waals surface area contributed by atoms with E-state index in [1.54, 1.807) is 11.3 Å². The van der Waals surface area contributed by atoms with Gasteiger partial charge in [-0.2, -0.15) is 0 Å². The second-order valence-corrected chi connectivity index (χ2v) is 7.89. The summed E-state index contributed by atoms with van der Waals surface area (Å²) in [7, 11) is 0. The zero-order valence-corrected chi connectivity index (χ0v) is 14.1. The van der Waals surface area contributed by atoms with E-state index in [4.69, 9.17) is 10.5 Å². The van der Waals surface area contributed by atoms with E-state index < -0.39 is 0 Å². The van der Waals surface area contributed by atoms with E-state index in [1.807, 2.05) is 24.3 Å². The molecule has 100 valence electrons. The van der Waals surface area contributed by atoms with Gasteiger partial charge in [-0.3, -0.25) is 0 Å². The third-order valence-electron chi connectivity index (χ3n) is 3.04. The van der Waals surface area contributed by atoms with Gasteiger partial charge in [0.05, 0.1) is 15.9 Å². The van der Waals surface area contributed by atoms with Crippen LogP contribution in [-0.4, -0.2) is 6.10 Å². The molecule has 1 fully saturated rings. The van der Waals surface area contributed by atoms with Crippen molar-refractivity contribution in [2.75, 3.05) is 0 Å². The first-order chi connectivity index (χ1) is 9.13. The first kappa shape index (κ1) is 13.6. The van der Waals surface area contributed by atoms with Crippen molar-refractivity contribution in [1.82, 2.24) is 0 Å². The molecule has 0 saturated heterocycles. The van der Waals surface area contributed by atoms with Crippen LogP contribution in [0.5, 0.6) is 5.75 Å². The number of thiophene rings is 1. The van der Waals surface area contributed by atoms with Crippen LogP contribution in [0.15, 0.2) is 38.6 Å². The molecule has 0 bridgehead atoms. The van der Waals surface area contributed by atoms with E-state index >= 15 is 0 Å². The molecule has 2 N–H and O–H groups in total. The van der Waals surface area contributed by atoms with Crippen LogP contribution in [0.25, 0.3) is 0 Å². The highest BCUT2D eigenvalue weighted by molar-refractivity contribution is 9.13. The van der Waals surface area contributed by atoms with Crippen molar-refractivity contribution in [1.29, 1.82) is 0 Å². The van der Waals surface area contributed by atoms with Crippen molar-refractivity contribution in [3.05, 3.63) is 49.0 Å². The summed E-state index contributed by atoms with van der Waals surface area (Å²) < 4.78 is 7.86. The van der Waals surface area contributed by atoms with Crippen LogP contribution in [0.2, 0.25) is 0 Å². The number of benzene rings is 1. The molecule has 1 atom stereocenters. The number of ether oxygens (including phenoxy) is 1. The standard InChI is InChI=1S/C14H13Br2NOS/c15-11-7-12(19-14(11)16)13(17)8-1-3-9(4-2-8)18-10-5-6-10/h1-4,7,10,13H,5-6,17H2. The molecule has 3 rings (SSSR count). The van der Waals surface area contributed by atoms with Gasteiger partial charge in [-0.15, -0.1) is 11.3 Å². The zero-order valence-electron chi connectivity index (χ0n) is 10.1. The Morgan fingerprint density at radius 3 is 2.42 bits per heavy atom. The molecule has 5 heteroatoms. The normalized spacial score (nSPS) is 16.4. The summed E-state index contributed by atoms with van der Waals surface area (Å²) in [6, 6.07) is 10.1. The van der Waals surface area contributed by atoms with Gasteiger partial charge in [0.1, 0.15) is 5.75 Å². The maximum absolute atomic E-state index is 6.29. The van der Waals surface area contributed by atoms with E-state index in [1.165, 1.54) is 12.8 Å². The minimum Gasteiger partial charge on any atom is -0.490 e. The lowest BCUT2D eigenvalue weighted by atomic mass is 10.1. The maximum Gasteiger partial charge on any atom is 0.119 e. The Morgan fingerprint density at radius 2 is 1.89 bits per heavy atom. The number of halogens is 2. The largest absolute Gasteiger partial charge is 0.490 e. The van der Waals surface area contributed by atoms with E-state index in [2.05, 4.69) is 37.9 Å². The monoisotopic (exact) mass is 401 g/mol. The highest BCUT2D eigenvalue weighted by Gasteiger charge is 2.23. The zero-order chi connectivity index (χ0) is 13.4. The predicted molar refractivity (Wildman–Crippen MR) is 85.8 cm³/mol. The molecule has 1 unspecified atom stereocenters. The van der Waals surface area contributed by atoms with Crippen molar-refractivity contribution in [3.63, 3.8) is 0 Å². The fraction of sp³-hybridized carbons (Fsp3) is 0.286. The van der Waals surface area contributed by atoms with E-state index in [0.717, 1.165) is 24.4 Å². The summed E-state index contributed by atoms with van der Waals surface area (Å²) in [5.74, 6) is 0.937. The molecule has 0 aliphatic heterocycles. The van der Waals surface area contributed by atoms with Gasteiger partial charge < -0.3 is 10.5 Å². The summed E-state index contributed by atoms with van der Waals surface area (Å²) in [5.41, 5.74) is 7.39. The summed E-state index contributed by atoms with van der Waals surface area (Å²) >= 11 is 8.64. The molecule has 0 spiro atoms. The van der Waals surface area contributed by atoms with Gasteiger partial charge in [-0.25, -0.2) is 0 Å². The SMILES string of the molecule is NC(c1ccc(OC2CC2)cc1)c1cc(Br)c(Br)s1. The number of hydrogen-bond acceptors (Lipinski definition) is 3. The summed E-state index contributed by atoms with van der Waals surface area (Å²) in [5, 5.41) is 0. The highest BCUT2D eigenvalue weighted by Crippen LogP contribution is 2.37. The summed E-state index contributed by atoms with van der Waals surface area (Å²) in [6.07, 6.45) is 2.79. The van der Waals surface area contributed by atoms with Gasteiger partial charge in [0.25, 0.3) is 0 Å². The Balaban J connectivity index is 1.76. The topological polar surface area (TPSA) is 35.2 Å². The lowest BCUT2D eigenvalue weighted by Crippen LogP contribution is -2.10. The molecule has 0 amide bonds. The average Bonchev–Trinajstić information content (AvgIpc) is 3.15. The van der Waals surface area contributed by atoms with Crippen LogP contribution in [0, 0.1) is 0 Å². The van der Waals surface area contributed by atoms with Crippen molar-refractivity contribution >= 4 is 43.2 Å². The first-order valence-electron chi connectivity index (χ1n) is 6.10. The lowest BCUT2D eigenvalue weighted by molar-refractivity contribution is 0.303. The number of rotatable bonds is 4. The molecular formula is C14H13Br2NOS. The van der Waals surface area contributed by atoms with Crippen LogP contribution in [-0.2, 0) is 0 Å². The second kappa shape index (κ2) is 5.56. The van der Waals surface area contributed by atoms with Gasteiger partial charge in [0, 0.05) is 9.35 Å². The summed E-state index contributed by atoms with van der Waals surface area (Å²) in [6.45, 7) is 0. The van der Waals surface area contributed by atoms with Crippen molar-refractivity contribution in [2.24, 2.45) is 5.73 Å². The maximum atomic E-state index is 6.29. The van der Waals surface area contributed by atoms with Crippen LogP contribution in [0.3, 0.4) is 0 Å². The fourth-order valence-corrected chi connectivity index (χ4v) is 3.93. The van der Waals surface area contributed by atoms with Gasteiger partial charge in [0.2, 0.25) is 0 Å². The van der Waals surface area contributed by atoms with E-state index in [9.17, 15) is 0 Å². The molecular weight excluding hydrogens is 390 g/mol. The Bertz CT molecular complexity index is 558. The molecule has 1 aliphatic carbocycles. The van der Waals surface area contributed by atoms with Gasteiger partial charge in [0.15, 0.2) is 0 Å². The van der Waals surface area contributed by atoms with Crippen LogP contribution < -0.4 is 10.5 Å². The van der Waals surface area contributed by atoms with Crippen molar-refractivity contribution in [3.8, 4) is 5.75 Å². The molecule has 1 heterocycles. The molecule has 1 saturated carbocycles. The first-order valence-corrected chi connectivity index (χ1v) is 8.50. The van der Waals surface area contributed by atoms with Gasteiger partial charge in [-0.1, -0.05) is 12.1 Å². The molecule has 1 aromatic carbocycles. The Morgan fingerprint density at radius 1 is 1.21 bits per heavy atom. The number of hydrogen-bond donors (Lipinski definition) is 1. The minimum atomic E-state index is -0.0948. The molecule has 0 radical (unpaired) electrons. The second-order valence-electron chi connectivity index (χ2n) is 4.63. The number of nitrogens with two attached hydrogens (primary N) is 1. The third-order valence-corrected chi connectivity index (χ3v) is 6.38. The fourth-order valence-electron chi connectivity index (χ4n) is 1.81. The Labute approximate surface area is 133 Å². The van der Waals surface area contributed by atoms with Gasteiger partial charge >= 0.3 is 0 Å². The predicted octanol–water partition coefficient (Wildman–Crippen LogP) is 4.86. The Hall–Kier alpha value is -0.360. The molecule has 1 aliphatic rings. The van der Waals surface area contributed by atoms with Crippen molar-refractivity contribution < 1.29 is 4.74 Å². The highest BCUT2D eigenvalue weighted by atomic mass is 79.9. The summed E-state index contributed by atoms with van der Waals surface area (Å²) in [4.78, 5) is 1.13. The minimum absolute atomic E-state index is 0.0948. The molecule has 2 aromatic rings. The van der Waals surface area contributed by atoms with Crippen LogP contribution in [0.1, 0.15) is 29.3 Å². The van der Waals surface area contributed by atoms with Gasteiger partial charge in [-0.05, 0) is 68.5 Å². The van der Waals surface area contributed by atoms with E-state index in [0.29, 0.717) is 6.10 Å². The smallest absolute Gasteiger partial charge is 0.119 e. The molecule has 1 aromatic heterocycles. The van der Waals surface area contributed by atoms with Crippen LogP contribution in [0.4, 0.5) is 0 Å². The van der Waals surface area contributed by atoms with Crippen LogP contribution >= 0.6 is 43.2 Å². The lowest BCUT2D eigenvalue weighted by Gasteiger charge is -2.11. The van der Waals surface area contributed by atoms with Crippen molar-refractivity contribution in [2.45, 2.75) is 25.0 Å². The average molecular weight is 403 g/mol. The third kappa shape index (κ3) is 3.21. The quantitative estimate of drug-likeness (QED) is 0.792.